The second-order valence-corrected chi connectivity index (χ2v) is 6.85. The van der Waals surface area contributed by atoms with Crippen molar-refractivity contribution < 1.29 is 31.5 Å². The first kappa shape index (κ1) is 17.5. The van der Waals surface area contributed by atoms with Gasteiger partial charge in [-0.15, -0.1) is 0 Å². The molecule has 0 saturated carbocycles. The lowest BCUT2D eigenvalue weighted by atomic mass is 9.96. The first-order valence-corrected chi connectivity index (χ1v) is 8.26. The number of piperidine rings is 1. The molecular weight excluding hydrogens is 337 g/mol. The molecule has 0 aromatic heterocycles. The highest BCUT2D eigenvalue weighted by Gasteiger charge is 2.37. The standard InChI is InChI=1S/C13H15F3N2O4S/c14-13(15,16)10-7-9(1-2-11(10)23(17,21)22)18-5-3-8(4-6-18)12(19)20/h1-2,7-8H,3-6H2,(H,19,20)(H2,17,21,22). The second-order valence-electron chi connectivity index (χ2n) is 5.32. The number of nitrogens with zero attached hydrogens (tertiary/aromatic N) is 1. The largest absolute Gasteiger partial charge is 0.481 e. The number of carbonyl (C=O) groups is 1. The highest BCUT2D eigenvalue weighted by Crippen LogP contribution is 2.37. The maximum absolute atomic E-state index is 13.1. The van der Waals surface area contributed by atoms with E-state index in [4.69, 9.17) is 10.2 Å². The summed E-state index contributed by atoms with van der Waals surface area (Å²) >= 11 is 0. The van der Waals surface area contributed by atoms with Crippen molar-refractivity contribution in [1.82, 2.24) is 0 Å². The molecule has 0 spiro atoms. The van der Waals surface area contributed by atoms with E-state index < -0.39 is 38.5 Å². The Labute approximate surface area is 130 Å². The number of carboxylic acids is 1. The number of hydrogen-bond acceptors (Lipinski definition) is 4. The SMILES string of the molecule is NS(=O)(=O)c1ccc(N2CCC(C(=O)O)CC2)cc1C(F)(F)F. The number of carboxylic acid groups (broad SMARTS) is 1. The van der Waals surface area contributed by atoms with Gasteiger partial charge in [-0.05, 0) is 31.0 Å². The molecule has 10 heteroatoms. The number of hydrogen-bond donors (Lipinski definition) is 2. The van der Waals surface area contributed by atoms with Gasteiger partial charge in [-0.1, -0.05) is 0 Å². The van der Waals surface area contributed by atoms with E-state index in [9.17, 15) is 26.4 Å². The zero-order chi connectivity index (χ0) is 17.4. The van der Waals surface area contributed by atoms with E-state index in [0.29, 0.717) is 12.8 Å². The van der Waals surface area contributed by atoms with Crippen LogP contribution in [-0.2, 0) is 21.0 Å². The average molecular weight is 352 g/mol. The van der Waals surface area contributed by atoms with Gasteiger partial charge >= 0.3 is 12.1 Å². The Balaban J connectivity index is 2.34. The summed E-state index contributed by atoms with van der Waals surface area (Å²) in [4.78, 5) is 11.5. The lowest BCUT2D eigenvalue weighted by Crippen LogP contribution is -2.36. The molecule has 23 heavy (non-hydrogen) atoms. The molecule has 1 saturated heterocycles. The summed E-state index contributed by atoms with van der Waals surface area (Å²) in [5.74, 6) is -1.44. The van der Waals surface area contributed by atoms with Crippen molar-refractivity contribution in [2.24, 2.45) is 11.1 Å². The quantitative estimate of drug-likeness (QED) is 0.861. The van der Waals surface area contributed by atoms with E-state index >= 15 is 0 Å². The van der Waals surface area contributed by atoms with Gasteiger partial charge in [0.05, 0.1) is 16.4 Å². The maximum atomic E-state index is 13.1. The molecule has 0 bridgehead atoms. The van der Waals surface area contributed by atoms with Crippen molar-refractivity contribution in [3.8, 4) is 0 Å². The van der Waals surface area contributed by atoms with Crippen molar-refractivity contribution in [3.05, 3.63) is 23.8 Å². The lowest BCUT2D eigenvalue weighted by Gasteiger charge is -2.32. The molecule has 0 aliphatic carbocycles. The Morgan fingerprint density at radius 3 is 2.26 bits per heavy atom. The summed E-state index contributed by atoms with van der Waals surface area (Å²) in [6, 6.07) is 2.81. The zero-order valence-electron chi connectivity index (χ0n) is 11.9. The Morgan fingerprint density at radius 2 is 1.83 bits per heavy atom. The molecule has 128 valence electrons. The van der Waals surface area contributed by atoms with Crippen molar-refractivity contribution in [2.75, 3.05) is 18.0 Å². The van der Waals surface area contributed by atoms with Crippen LogP contribution in [-0.4, -0.2) is 32.6 Å². The van der Waals surface area contributed by atoms with Crippen LogP contribution in [0.25, 0.3) is 0 Å². The van der Waals surface area contributed by atoms with Crippen LogP contribution in [0.15, 0.2) is 23.1 Å². The fraction of sp³-hybridized carbons (Fsp3) is 0.462. The second kappa shape index (κ2) is 6.00. The number of halogens is 3. The fourth-order valence-corrected chi connectivity index (χ4v) is 3.31. The van der Waals surface area contributed by atoms with Crippen molar-refractivity contribution in [1.29, 1.82) is 0 Å². The fourth-order valence-electron chi connectivity index (χ4n) is 2.57. The van der Waals surface area contributed by atoms with E-state index in [1.54, 1.807) is 4.90 Å². The van der Waals surface area contributed by atoms with Crippen LogP contribution in [0.2, 0.25) is 0 Å². The van der Waals surface area contributed by atoms with Gasteiger partial charge in [-0.3, -0.25) is 4.79 Å². The molecule has 1 heterocycles. The minimum atomic E-state index is -4.86. The van der Waals surface area contributed by atoms with Gasteiger partial charge in [-0.25, -0.2) is 13.6 Å². The molecule has 3 N–H and O–H groups in total. The highest BCUT2D eigenvalue weighted by molar-refractivity contribution is 7.89. The van der Waals surface area contributed by atoms with Gasteiger partial charge in [0.1, 0.15) is 0 Å². The number of aliphatic carboxylic acids is 1. The van der Waals surface area contributed by atoms with Crippen LogP contribution in [0.5, 0.6) is 0 Å². The Bertz CT molecular complexity index is 710. The number of anilines is 1. The summed E-state index contributed by atoms with van der Waals surface area (Å²) in [6.07, 6.45) is -4.24. The van der Waals surface area contributed by atoms with Crippen LogP contribution in [0, 0.1) is 5.92 Å². The molecule has 1 aromatic rings. The molecule has 0 radical (unpaired) electrons. The van der Waals surface area contributed by atoms with Gasteiger partial charge in [0.2, 0.25) is 10.0 Å². The van der Waals surface area contributed by atoms with Gasteiger partial charge < -0.3 is 10.0 Å². The van der Waals surface area contributed by atoms with Crippen LogP contribution < -0.4 is 10.0 Å². The van der Waals surface area contributed by atoms with Crippen molar-refractivity contribution >= 4 is 21.7 Å². The molecule has 0 unspecified atom stereocenters. The third kappa shape index (κ3) is 3.94. The van der Waals surface area contributed by atoms with E-state index in [1.807, 2.05) is 0 Å². The molecule has 1 fully saturated rings. The number of sulfonamides is 1. The van der Waals surface area contributed by atoms with Gasteiger partial charge in [0.15, 0.2) is 0 Å². The summed E-state index contributed by atoms with van der Waals surface area (Å²) in [6.45, 7) is 0.561. The van der Waals surface area contributed by atoms with Crippen LogP contribution in [0.1, 0.15) is 18.4 Å². The topological polar surface area (TPSA) is 101 Å². The van der Waals surface area contributed by atoms with Crippen LogP contribution in [0.3, 0.4) is 0 Å². The first-order chi connectivity index (χ1) is 10.5. The molecule has 6 nitrogen and oxygen atoms in total. The van der Waals surface area contributed by atoms with E-state index in [2.05, 4.69) is 0 Å². The summed E-state index contributed by atoms with van der Waals surface area (Å²) in [5.41, 5.74) is -1.13. The van der Waals surface area contributed by atoms with E-state index in [1.165, 1.54) is 6.07 Å². The van der Waals surface area contributed by atoms with Gasteiger partial charge in [-0.2, -0.15) is 13.2 Å². The minimum absolute atomic E-state index is 0.188. The van der Waals surface area contributed by atoms with Crippen molar-refractivity contribution in [3.63, 3.8) is 0 Å². The predicted molar refractivity (Wildman–Crippen MR) is 75.4 cm³/mol. The minimum Gasteiger partial charge on any atom is -0.481 e. The van der Waals surface area contributed by atoms with Crippen molar-refractivity contribution in [2.45, 2.75) is 23.9 Å². The first-order valence-electron chi connectivity index (χ1n) is 6.72. The Hall–Kier alpha value is -1.81. The molecular formula is C13H15F3N2O4S. The zero-order valence-corrected chi connectivity index (χ0v) is 12.7. The molecule has 1 aliphatic heterocycles. The molecule has 0 amide bonds. The Morgan fingerprint density at radius 1 is 1.26 bits per heavy atom. The molecule has 1 aliphatic rings. The van der Waals surface area contributed by atoms with Gasteiger partial charge in [0, 0.05) is 18.8 Å². The Kier molecular flexibility index (Phi) is 4.58. The number of rotatable bonds is 3. The number of primary sulfonamides is 1. The normalized spacial score (nSPS) is 17.3. The molecule has 1 aromatic carbocycles. The van der Waals surface area contributed by atoms with E-state index in [-0.39, 0.29) is 18.8 Å². The molecule has 2 rings (SSSR count). The van der Waals surface area contributed by atoms with E-state index in [0.717, 1.165) is 12.1 Å². The third-order valence-corrected chi connectivity index (χ3v) is 4.75. The number of nitrogens with two attached hydrogens (primary N) is 1. The maximum Gasteiger partial charge on any atom is 0.417 e. The molecule has 0 atom stereocenters. The smallest absolute Gasteiger partial charge is 0.417 e. The summed E-state index contributed by atoms with van der Waals surface area (Å²) < 4.78 is 61.8. The number of benzene rings is 1. The predicted octanol–water partition coefficient (Wildman–Crippen LogP) is 1.65. The van der Waals surface area contributed by atoms with Crippen LogP contribution >= 0.6 is 0 Å². The van der Waals surface area contributed by atoms with Crippen LogP contribution in [0.4, 0.5) is 18.9 Å². The lowest BCUT2D eigenvalue weighted by molar-refractivity contribution is -0.142. The highest BCUT2D eigenvalue weighted by atomic mass is 32.2. The summed E-state index contributed by atoms with van der Waals surface area (Å²) in [7, 11) is -4.50. The average Bonchev–Trinajstić information content (AvgIpc) is 2.45. The monoisotopic (exact) mass is 352 g/mol. The summed E-state index contributed by atoms with van der Waals surface area (Å²) in [5, 5.41) is 13.8. The number of alkyl halides is 3. The van der Waals surface area contributed by atoms with Gasteiger partial charge in [0.25, 0.3) is 0 Å². The third-order valence-electron chi connectivity index (χ3n) is 3.78.